The molecular formula is C16H18N2O3. The highest BCUT2D eigenvalue weighted by Crippen LogP contribution is 2.26. The highest BCUT2D eigenvalue weighted by Gasteiger charge is 2.21. The van der Waals surface area contributed by atoms with Gasteiger partial charge in [-0.2, -0.15) is 0 Å². The van der Waals surface area contributed by atoms with Gasteiger partial charge in [-0.1, -0.05) is 18.2 Å². The maximum atomic E-state index is 11.2. The number of hydrogen-bond donors (Lipinski definition) is 1. The first kappa shape index (κ1) is 13.7. The van der Waals surface area contributed by atoms with E-state index in [1.54, 1.807) is 6.07 Å². The van der Waals surface area contributed by atoms with Crippen molar-refractivity contribution in [1.29, 1.82) is 0 Å². The normalized spacial score (nSPS) is 15.6. The number of anilines is 1. The summed E-state index contributed by atoms with van der Waals surface area (Å²) < 4.78 is 5.07. The number of para-hydroxylation sites is 1. The highest BCUT2D eigenvalue weighted by molar-refractivity contribution is 5.86. The Kier molecular flexibility index (Phi) is 3.66. The van der Waals surface area contributed by atoms with Gasteiger partial charge < -0.3 is 19.3 Å². The number of carboxylic acids is 1. The first-order valence-electron chi connectivity index (χ1n) is 6.96. The summed E-state index contributed by atoms with van der Waals surface area (Å²) in [6.45, 7) is 3.25. The summed E-state index contributed by atoms with van der Waals surface area (Å²) in [5.41, 5.74) is 3.14. The van der Waals surface area contributed by atoms with Crippen LogP contribution in [0.2, 0.25) is 0 Å². The van der Waals surface area contributed by atoms with E-state index in [-0.39, 0.29) is 5.76 Å². The molecule has 2 aromatic rings. The summed E-state index contributed by atoms with van der Waals surface area (Å²) >= 11 is 0. The van der Waals surface area contributed by atoms with Crippen molar-refractivity contribution in [2.45, 2.75) is 13.1 Å². The van der Waals surface area contributed by atoms with Crippen LogP contribution in [0.25, 0.3) is 0 Å². The fourth-order valence-electron chi connectivity index (χ4n) is 2.75. The summed E-state index contributed by atoms with van der Waals surface area (Å²) in [4.78, 5) is 15.7. The van der Waals surface area contributed by atoms with Crippen molar-refractivity contribution in [1.82, 2.24) is 4.90 Å². The third kappa shape index (κ3) is 2.78. The van der Waals surface area contributed by atoms with Crippen LogP contribution in [0, 0.1) is 0 Å². The van der Waals surface area contributed by atoms with Gasteiger partial charge in [0.2, 0.25) is 5.76 Å². The topological polar surface area (TPSA) is 56.9 Å². The Labute approximate surface area is 123 Å². The summed E-state index contributed by atoms with van der Waals surface area (Å²) in [5, 5.41) is 9.16. The zero-order valence-corrected chi connectivity index (χ0v) is 12.0. The summed E-state index contributed by atoms with van der Waals surface area (Å²) in [6, 6.07) is 10.0. The molecule has 2 heterocycles. The SMILES string of the molecule is CN1CCN(Cc2ccoc2C(=O)O)c2ccccc2C1. The lowest BCUT2D eigenvalue weighted by Crippen LogP contribution is -2.29. The molecule has 0 aliphatic carbocycles. The van der Waals surface area contributed by atoms with Crippen LogP contribution in [0.4, 0.5) is 5.69 Å². The van der Waals surface area contributed by atoms with E-state index in [4.69, 9.17) is 9.52 Å². The van der Waals surface area contributed by atoms with Crippen LogP contribution in [0.3, 0.4) is 0 Å². The van der Waals surface area contributed by atoms with Crippen LogP contribution < -0.4 is 4.90 Å². The summed E-state index contributed by atoms with van der Waals surface area (Å²) in [6.07, 6.45) is 1.44. The van der Waals surface area contributed by atoms with E-state index >= 15 is 0 Å². The van der Waals surface area contributed by atoms with Gasteiger partial charge in [0, 0.05) is 37.4 Å². The first-order valence-corrected chi connectivity index (χ1v) is 6.96. The van der Waals surface area contributed by atoms with Gasteiger partial charge in [0.05, 0.1) is 6.26 Å². The molecule has 0 atom stereocenters. The molecular weight excluding hydrogens is 268 g/mol. The number of carboxylic acid groups (broad SMARTS) is 1. The van der Waals surface area contributed by atoms with Gasteiger partial charge in [-0.15, -0.1) is 0 Å². The fourth-order valence-corrected chi connectivity index (χ4v) is 2.75. The molecule has 1 N–H and O–H groups in total. The molecule has 110 valence electrons. The Balaban J connectivity index is 1.91. The second-order valence-corrected chi connectivity index (χ2v) is 5.37. The highest BCUT2D eigenvalue weighted by atomic mass is 16.4. The second-order valence-electron chi connectivity index (χ2n) is 5.37. The number of hydrogen-bond acceptors (Lipinski definition) is 4. The Bertz CT molecular complexity index is 650. The predicted octanol–water partition coefficient (Wildman–Crippen LogP) is 2.43. The van der Waals surface area contributed by atoms with Gasteiger partial charge in [-0.25, -0.2) is 4.79 Å². The Hall–Kier alpha value is -2.27. The molecule has 1 aromatic carbocycles. The molecule has 0 saturated heterocycles. The van der Waals surface area contributed by atoms with E-state index in [2.05, 4.69) is 29.0 Å². The zero-order chi connectivity index (χ0) is 14.8. The quantitative estimate of drug-likeness (QED) is 0.939. The molecule has 5 heteroatoms. The van der Waals surface area contributed by atoms with Gasteiger partial charge in [0.1, 0.15) is 0 Å². The monoisotopic (exact) mass is 286 g/mol. The number of aromatic carboxylic acids is 1. The van der Waals surface area contributed by atoms with E-state index in [0.717, 1.165) is 19.6 Å². The average Bonchev–Trinajstić information content (AvgIpc) is 2.86. The lowest BCUT2D eigenvalue weighted by Gasteiger charge is -2.24. The van der Waals surface area contributed by atoms with Crippen LogP contribution in [-0.2, 0) is 13.1 Å². The molecule has 0 saturated carbocycles. The summed E-state index contributed by atoms with van der Waals surface area (Å²) in [7, 11) is 2.10. The molecule has 1 aromatic heterocycles. The van der Waals surface area contributed by atoms with E-state index in [1.165, 1.54) is 17.5 Å². The minimum Gasteiger partial charge on any atom is -0.475 e. The van der Waals surface area contributed by atoms with Crippen molar-refractivity contribution >= 4 is 11.7 Å². The Morgan fingerprint density at radius 1 is 1.29 bits per heavy atom. The Morgan fingerprint density at radius 2 is 2.10 bits per heavy atom. The number of fused-ring (bicyclic) bond motifs is 1. The van der Waals surface area contributed by atoms with Crippen LogP contribution in [0.1, 0.15) is 21.7 Å². The second kappa shape index (κ2) is 5.61. The van der Waals surface area contributed by atoms with E-state index in [9.17, 15) is 4.79 Å². The lowest BCUT2D eigenvalue weighted by molar-refractivity contribution is 0.0661. The summed E-state index contributed by atoms with van der Waals surface area (Å²) in [5.74, 6) is -0.986. The van der Waals surface area contributed by atoms with Crippen LogP contribution in [0.15, 0.2) is 41.0 Å². The number of likely N-dealkylation sites (N-methyl/N-ethyl adjacent to an activating group) is 1. The average molecular weight is 286 g/mol. The number of benzene rings is 1. The first-order chi connectivity index (χ1) is 10.1. The molecule has 0 radical (unpaired) electrons. The molecule has 1 aliphatic heterocycles. The molecule has 0 unspecified atom stereocenters. The number of carbonyl (C=O) groups is 1. The molecule has 1 aliphatic rings. The van der Waals surface area contributed by atoms with Crippen molar-refractivity contribution in [2.75, 3.05) is 25.0 Å². The minimum absolute atomic E-state index is 0.0325. The van der Waals surface area contributed by atoms with Gasteiger partial charge in [0.15, 0.2) is 0 Å². The lowest BCUT2D eigenvalue weighted by atomic mass is 10.1. The fraction of sp³-hybridized carbons (Fsp3) is 0.312. The van der Waals surface area contributed by atoms with Crippen LogP contribution in [0.5, 0.6) is 0 Å². The van der Waals surface area contributed by atoms with Crippen molar-refractivity contribution in [3.8, 4) is 0 Å². The maximum absolute atomic E-state index is 11.2. The van der Waals surface area contributed by atoms with E-state index < -0.39 is 5.97 Å². The smallest absolute Gasteiger partial charge is 0.372 e. The van der Waals surface area contributed by atoms with Gasteiger partial charge in [0.25, 0.3) is 0 Å². The van der Waals surface area contributed by atoms with E-state index in [1.807, 2.05) is 12.1 Å². The third-order valence-electron chi connectivity index (χ3n) is 3.83. The molecule has 0 fully saturated rings. The molecule has 5 nitrogen and oxygen atoms in total. The zero-order valence-electron chi connectivity index (χ0n) is 12.0. The molecule has 0 spiro atoms. The maximum Gasteiger partial charge on any atom is 0.372 e. The largest absolute Gasteiger partial charge is 0.475 e. The third-order valence-corrected chi connectivity index (χ3v) is 3.83. The van der Waals surface area contributed by atoms with Crippen molar-refractivity contribution in [2.24, 2.45) is 0 Å². The van der Waals surface area contributed by atoms with E-state index in [0.29, 0.717) is 12.1 Å². The number of nitrogens with zero attached hydrogens (tertiary/aromatic N) is 2. The Morgan fingerprint density at radius 3 is 2.90 bits per heavy atom. The van der Waals surface area contributed by atoms with Crippen LogP contribution >= 0.6 is 0 Å². The van der Waals surface area contributed by atoms with Gasteiger partial charge >= 0.3 is 5.97 Å². The van der Waals surface area contributed by atoms with Crippen LogP contribution in [-0.4, -0.2) is 36.1 Å². The number of rotatable bonds is 3. The number of furan rings is 1. The molecule has 0 amide bonds. The molecule has 21 heavy (non-hydrogen) atoms. The van der Waals surface area contributed by atoms with Crippen molar-refractivity contribution in [3.05, 3.63) is 53.5 Å². The minimum atomic E-state index is -1.02. The standard InChI is InChI=1S/C16H18N2O3/c1-17-7-8-18(14-5-3-2-4-12(14)10-17)11-13-6-9-21-15(13)16(19)20/h2-6,9H,7-8,10-11H2,1H3,(H,19,20). The van der Waals surface area contributed by atoms with Crippen molar-refractivity contribution in [3.63, 3.8) is 0 Å². The van der Waals surface area contributed by atoms with Gasteiger partial charge in [-0.05, 0) is 24.7 Å². The molecule has 0 bridgehead atoms. The molecule has 3 rings (SSSR count). The van der Waals surface area contributed by atoms with Gasteiger partial charge in [-0.3, -0.25) is 0 Å². The predicted molar refractivity (Wildman–Crippen MR) is 79.5 cm³/mol. The van der Waals surface area contributed by atoms with Crippen molar-refractivity contribution < 1.29 is 14.3 Å².